The molecule has 0 bridgehead atoms. The molecule has 1 aromatic carbocycles. The highest BCUT2D eigenvalue weighted by molar-refractivity contribution is 5.84. The molecule has 1 heterocycles. The molecule has 0 saturated heterocycles. The third-order valence-electron chi connectivity index (χ3n) is 5.07. The Bertz CT molecular complexity index is 865. The average molecular weight is 369 g/mol. The number of fused-ring (bicyclic) bond motifs is 1. The summed E-state index contributed by atoms with van der Waals surface area (Å²) in [5, 5.41) is 0. The van der Waals surface area contributed by atoms with E-state index >= 15 is 0 Å². The molecule has 0 fully saturated rings. The number of alkyl halides is 2. The zero-order valence-corrected chi connectivity index (χ0v) is 16.0. The van der Waals surface area contributed by atoms with Crippen LogP contribution in [0.15, 0.2) is 42.6 Å². The third kappa shape index (κ3) is 4.68. The lowest BCUT2D eigenvalue weighted by molar-refractivity contribution is -0.126. The maximum Gasteiger partial charge on any atom is 0.263 e. The normalized spacial score (nSPS) is 16.9. The maximum atomic E-state index is 13.0. The van der Waals surface area contributed by atoms with Crippen LogP contribution in [0.4, 0.5) is 8.78 Å². The standard InChI is InChI=1S/C23H25F2NO/c1-23(2,3)21(27)11-15-7-9-17-13-19(14-26-20(17)10-8-15)16-5-4-6-18(12-16)22(24)25/h4-6,8,10,12-15,22H,7,9,11H2,1-3H3. The van der Waals surface area contributed by atoms with Crippen LogP contribution >= 0.6 is 0 Å². The van der Waals surface area contributed by atoms with Crippen LogP contribution in [0.3, 0.4) is 0 Å². The highest BCUT2D eigenvalue weighted by Gasteiger charge is 2.24. The summed E-state index contributed by atoms with van der Waals surface area (Å²) in [5.41, 5.74) is 3.27. The van der Waals surface area contributed by atoms with Gasteiger partial charge in [0.05, 0.1) is 5.69 Å². The lowest BCUT2D eigenvalue weighted by Crippen LogP contribution is -2.22. The number of Topliss-reactive ketones (excluding diaryl/α,β-unsaturated/α-hetero) is 1. The molecular formula is C23H25F2NO. The zero-order chi connectivity index (χ0) is 19.6. The molecule has 2 nitrogen and oxygen atoms in total. The maximum absolute atomic E-state index is 13.0. The van der Waals surface area contributed by atoms with Gasteiger partial charge in [0.2, 0.25) is 0 Å². The summed E-state index contributed by atoms with van der Waals surface area (Å²) in [6, 6.07) is 8.46. The average Bonchev–Trinajstić information content (AvgIpc) is 2.83. The number of ketones is 1. The van der Waals surface area contributed by atoms with E-state index < -0.39 is 6.43 Å². The highest BCUT2D eigenvalue weighted by atomic mass is 19.3. The van der Waals surface area contributed by atoms with Gasteiger partial charge in [-0.3, -0.25) is 9.78 Å². The predicted octanol–water partition coefficient (Wildman–Crippen LogP) is 6.27. The van der Waals surface area contributed by atoms with Gasteiger partial charge in [-0.05, 0) is 48.1 Å². The van der Waals surface area contributed by atoms with Crippen LogP contribution in [0.5, 0.6) is 0 Å². The number of hydrogen-bond donors (Lipinski definition) is 0. The molecule has 0 aliphatic heterocycles. The SMILES string of the molecule is CC(C)(C)C(=O)CC1C=Cc2ncc(-c3cccc(C(F)F)c3)cc2CC1. The van der Waals surface area contributed by atoms with Crippen molar-refractivity contribution < 1.29 is 13.6 Å². The van der Waals surface area contributed by atoms with Crippen molar-refractivity contribution >= 4 is 11.9 Å². The first-order chi connectivity index (χ1) is 12.7. The Morgan fingerprint density at radius 1 is 1.22 bits per heavy atom. The summed E-state index contributed by atoms with van der Waals surface area (Å²) in [4.78, 5) is 16.9. The van der Waals surface area contributed by atoms with Gasteiger partial charge in [-0.15, -0.1) is 0 Å². The molecule has 1 aromatic heterocycles. The lowest BCUT2D eigenvalue weighted by atomic mass is 9.84. The van der Waals surface area contributed by atoms with Gasteiger partial charge in [0, 0.05) is 29.2 Å². The number of halogens is 2. The van der Waals surface area contributed by atoms with Crippen LogP contribution < -0.4 is 0 Å². The zero-order valence-electron chi connectivity index (χ0n) is 16.0. The van der Waals surface area contributed by atoms with Crippen molar-refractivity contribution in [1.29, 1.82) is 0 Å². The van der Waals surface area contributed by atoms with Crippen molar-refractivity contribution in [2.24, 2.45) is 11.3 Å². The van der Waals surface area contributed by atoms with Crippen LogP contribution in [-0.2, 0) is 11.2 Å². The van der Waals surface area contributed by atoms with E-state index in [2.05, 4.69) is 11.1 Å². The first-order valence-electron chi connectivity index (χ1n) is 9.33. The molecule has 0 N–H and O–H groups in total. The smallest absolute Gasteiger partial charge is 0.263 e. The van der Waals surface area contributed by atoms with Crippen LogP contribution in [-0.4, -0.2) is 10.8 Å². The number of aromatic nitrogens is 1. The second-order valence-corrected chi connectivity index (χ2v) is 8.23. The summed E-state index contributed by atoms with van der Waals surface area (Å²) in [7, 11) is 0. The molecule has 0 saturated carbocycles. The summed E-state index contributed by atoms with van der Waals surface area (Å²) in [6.07, 6.45) is 5.56. The number of hydrogen-bond acceptors (Lipinski definition) is 2. The van der Waals surface area contributed by atoms with Gasteiger partial charge >= 0.3 is 0 Å². The summed E-state index contributed by atoms with van der Waals surface area (Å²) >= 11 is 0. The topological polar surface area (TPSA) is 30.0 Å². The molecule has 1 aliphatic rings. The fourth-order valence-electron chi connectivity index (χ4n) is 3.26. The van der Waals surface area contributed by atoms with Crippen molar-refractivity contribution in [3.63, 3.8) is 0 Å². The molecule has 1 atom stereocenters. The van der Waals surface area contributed by atoms with E-state index in [0.717, 1.165) is 35.2 Å². The Morgan fingerprint density at radius 2 is 2.00 bits per heavy atom. The minimum Gasteiger partial charge on any atom is -0.299 e. The quantitative estimate of drug-likeness (QED) is 0.636. The molecule has 3 rings (SSSR count). The predicted molar refractivity (Wildman–Crippen MR) is 105 cm³/mol. The van der Waals surface area contributed by atoms with Crippen molar-refractivity contribution in [1.82, 2.24) is 4.98 Å². The van der Waals surface area contributed by atoms with E-state index in [1.165, 1.54) is 12.1 Å². The Hall–Kier alpha value is -2.36. The summed E-state index contributed by atoms with van der Waals surface area (Å²) in [5.74, 6) is 0.470. The van der Waals surface area contributed by atoms with Gasteiger partial charge in [0.15, 0.2) is 0 Å². The number of allylic oxidation sites excluding steroid dienone is 1. The first kappa shape index (κ1) is 19.4. The Balaban J connectivity index is 1.79. The van der Waals surface area contributed by atoms with E-state index in [-0.39, 0.29) is 22.7 Å². The Labute approximate surface area is 159 Å². The van der Waals surface area contributed by atoms with Crippen molar-refractivity contribution in [2.45, 2.75) is 46.5 Å². The number of carbonyl (C=O) groups excluding carboxylic acids is 1. The van der Waals surface area contributed by atoms with Crippen LogP contribution in [0.25, 0.3) is 17.2 Å². The molecule has 2 aromatic rings. The molecule has 27 heavy (non-hydrogen) atoms. The van der Waals surface area contributed by atoms with Gasteiger partial charge in [0.25, 0.3) is 6.43 Å². The minimum absolute atomic E-state index is 0.0168. The van der Waals surface area contributed by atoms with Crippen LogP contribution in [0.2, 0.25) is 0 Å². The van der Waals surface area contributed by atoms with Crippen LogP contribution in [0.1, 0.15) is 56.9 Å². The number of benzene rings is 1. The van der Waals surface area contributed by atoms with Gasteiger partial charge in [-0.1, -0.05) is 45.0 Å². The van der Waals surface area contributed by atoms with Gasteiger partial charge < -0.3 is 0 Å². The third-order valence-corrected chi connectivity index (χ3v) is 5.07. The van der Waals surface area contributed by atoms with Crippen molar-refractivity contribution in [2.75, 3.05) is 0 Å². The van der Waals surface area contributed by atoms with Gasteiger partial charge in [-0.2, -0.15) is 0 Å². The molecule has 4 heteroatoms. The molecular weight excluding hydrogens is 344 g/mol. The fraction of sp³-hybridized carbons (Fsp3) is 0.391. The monoisotopic (exact) mass is 369 g/mol. The Morgan fingerprint density at radius 3 is 2.70 bits per heavy atom. The molecule has 0 spiro atoms. The molecule has 0 amide bonds. The largest absolute Gasteiger partial charge is 0.299 e. The van der Waals surface area contributed by atoms with E-state index in [9.17, 15) is 13.6 Å². The number of rotatable bonds is 4. The second-order valence-electron chi connectivity index (χ2n) is 8.23. The van der Waals surface area contributed by atoms with Gasteiger partial charge in [0.1, 0.15) is 5.78 Å². The first-order valence-corrected chi connectivity index (χ1v) is 9.33. The van der Waals surface area contributed by atoms with Crippen molar-refractivity contribution in [3.8, 4) is 11.1 Å². The van der Waals surface area contributed by atoms with E-state index in [1.807, 2.05) is 39.0 Å². The lowest BCUT2D eigenvalue weighted by Gasteiger charge is -2.19. The van der Waals surface area contributed by atoms with Crippen LogP contribution in [0, 0.1) is 11.3 Å². The summed E-state index contributed by atoms with van der Waals surface area (Å²) in [6.45, 7) is 5.85. The fourth-order valence-corrected chi connectivity index (χ4v) is 3.26. The molecule has 1 aliphatic carbocycles. The number of nitrogens with zero attached hydrogens (tertiary/aromatic N) is 1. The van der Waals surface area contributed by atoms with E-state index in [4.69, 9.17) is 0 Å². The minimum atomic E-state index is -2.48. The second kappa shape index (κ2) is 7.71. The number of aryl methyl sites for hydroxylation is 1. The molecule has 142 valence electrons. The number of pyridine rings is 1. The van der Waals surface area contributed by atoms with Gasteiger partial charge in [-0.25, -0.2) is 8.78 Å². The summed E-state index contributed by atoms with van der Waals surface area (Å²) < 4.78 is 25.9. The Kier molecular flexibility index (Phi) is 5.54. The van der Waals surface area contributed by atoms with E-state index in [1.54, 1.807) is 12.3 Å². The highest BCUT2D eigenvalue weighted by Crippen LogP contribution is 2.30. The molecule has 1 unspecified atom stereocenters. The van der Waals surface area contributed by atoms with Crippen molar-refractivity contribution in [3.05, 3.63) is 59.4 Å². The van der Waals surface area contributed by atoms with E-state index in [0.29, 0.717) is 6.42 Å². The number of carbonyl (C=O) groups is 1. The molecule has 0 radical (unpaired) electrons.